The van der Waals surface area contributed by atoms with Crippen molar-refractivity contribution in [2.45, 2.75) is 105 Å². The van der Waals surface area contributed by atoms with Crippen molar-refractivity contribution in [3.8, 4) is 0 Å². The highest BCUT2D eigenvalue weighted by atomic mass is 16.5. The second-order valence-electron chi connectivity index (χ2n) is 8.00. The maximum Gasteiger partial charge on any atom is 0.308 e. The van der Waals surface area contributed by atoms with E-state index in [4.69, 9.17) is 4.74 Å². The Morgan fingerprint density at radius 1 is 0.909 bits per heavy atom. The molecule has 2 heteroatoms. The van der Waals surface area contributed by atoms with Crippen molar-refractivity contribution in [3.63, 3.8) is 0 Å². The zero-order valence-electron chi connectivity index (χ0n) is 15.9. The number of carbonyl (C=O) groups is 1. The van der Waals surface area contributed by atoms with Crippen molar-refractivity contribution in [2.75, 3.05) is 6.61 Å². The first-order valence-electron chi connectivity index (χ1n) is 9.53. The summed E-state index contributed by atoms with van der Waals surface area (Å²) < 4.78 is 5.26. The molecule has 0 bridgehead atoms. The van der Waals surface area contributed by atoms with Crippen molar-refractivity contribution in [3.05, 3.63) is 0 Å². The lowest BCUT2D eigenvalue weighted by Crippen LogP contribution is -2.15. The van der Waals surface area contributed by atoms with E-state index in [-0.39, 0.29) is 11.9 Å². The smallest absolute Gasteiger partial charge is 0.308 e. The average Bonchev–Trinajstić information content (AvgIpc) is 2.44. The van der Waals surface area contributed by atoms with Crippen LogP contribution in [-0.2, 0) is 9.53 Å². The molecule has 0 saturated carbocycles. The molecule has 1 unspecified atom stereocenters. The molecule has 0 aliphatic rings. The minimum Gasteiger partial charge on any atom is -0.465 e. The first kappa shape index (κ1) is 21.5. The first-order valence-corrected chi connectivity index (χ1v) is 9.53. The van der Waals surface area contributed by atoms with Gasteiger partial charge in [0.25, 0.3) is 0 Å². The quantitative estimate of drug-likeness (QED) is 0.286. The minimum absolute atomic E-state index is 0.00405. The van der Waals surface area contributed by atoms with Gasteiger partial charge in [0.05, 0.1) is 12.5 Å². The van der Waals surface area contributed by atoms with Crippen LogP contribution in [0.15, 0.2) is 0 Å². The molecular weight excluding hydrogens is 272 g/mol. The summed E-state index contributed by atoms with van der Waals surface area (Å²) in [6.45, 7) is 11.7. The largest absolute Gasteiger partial charge is 0.465 e. The summed E-state index contributed by atoms with van der Waals surface area (Å²) in [7, 11) is 0. The van der Waals surface area contributed by atoms with E-state index in [1.54, 1.807) is 0 Å². The van der Waals surface area contributed by atoms with Crippen LogP contribution >= 0.6 is 0 Å². The van der Waals surface area contributed by atoms with E-state index in [0.717, 1.165) is 25.7 Å². The van der Waals surface area contributed by atoms with Crippen LogP contribution in [0.25, 0.3) is 0 Å². The van der Waals surface area contributed by atoms with Gasteiger partial charge in [-0.05, 0) is 24.7 Å². The van der Waals surface area contributed by atoms with Crippen molar-refractivity contribution in [2.24, 2.45) is 11.3 Å². The molecule has 132 valence electrons. The van der Waals surface area contributed by atoms with Crippen molar-refractivity contribution < 1.29 is 9.53 Å². The molecule has 0 heterocycles. The summed E-state index contributed by atoms with van der Waals surface area (Å²) in [6, 6.07) is 0. The van der Waals surface area contributed by atoms with Crippen molar-refractivity contribution >= 4 is 5.97 Å². The van der Waals surface area contributed by atoms with E-state index in [0.29, 0.717) is 12.0 Å². The summed E-state index contributed by atoms with van der Waals surface area (Å²) in [5.74, 6) is 0.0688. The van der Waals surface area contributed by atoms with Gasteiger partial charge in [0.15, 0.2) is 0 Å². The lowest BCUT2D eigenvalue weighted by molar-refractivity contribution is -0.148. The van der Waals surface area contributed by atoms with E-state index in [1.807, 2.05) is 6.92 Å². The van der Waals surface area contributed by atoms with Crippen LogP contribution in [-0.4, -0.2) is 12.6 Å². The van der Waals surface area contributed by atoms with E-state index in [9.17, 15) is 4.79 Å². The molecule has 22 heavy (non-hydrogen) atoms. The summed E-state index contributed by atoms with van der Waals surface area (Å²) in [4.78, 5) is 11.7. The molecule has 1 atom stereocenters. The number of esters is 1. The molecule has 0 saturated heterocycles. The Balaban J connectivity index is 3.36. The molecule has 0 aromatic heterocycles. The Hall–Kier alpha value is -0.530. The van der Waals surface area contributed by atoms with Gasteiger partial charge in [-0.25, -0.2) is 0 Å². The molecule has 0 aliphatic carbocycles. The maximum atomic E-state index is 11.7. The molecule has 0 rings (SSSR count). The molecule has 2 nitrogen and oxygen atoms in total. The lowest BCUT2D eigenvalue weighted by atomic mass is 9.89. The van der Waals surface area contributed by atoms with Gasteiger partial charge in [0.1, 0.15) is 0 Å². The molecule has 0 spiro atoms. The van der Waals surface area contributed by atoms with Gasteiger partial charge in [-0.1, -0.05) is 86.0 Å². The Kier molecular flexibility index (Phi) is 12.6. The Morgan fingerprint density at radius 2 is 1.45 bits per heavy atom. The second kappa shape index (κ2) is 13.0. The summed E-state index contributed by atoms with van der Waals surface area (Å²) in [5.41, 5.74) is 0.488. The second-order valence-corrected chi connectivity index (χ2v) is 8.00. The third-order valence-corrected chi connectivity index (χ3v) is 4.21. The lowest BCUT2D eigenvalue weighted by Gasteiger charge is -2.17. The number of rotatable bonds is 13. The highest BCUT2D eigenvalue weighted by molar-refractivity contribution is 5.71. The Morgan fingerprint density at radius 3 is 2.00 bits per heavy atom. The van der Waals surface area contributed by atoms with E-state index in [1.165, 1.54) is 44.9 Å². The van der Waals surface area contributed by atoms with Gasteiger partial charge in [-0.15, -0.1) is 0 Å². The van der Waals surface area contributed by atoms with Crippen LogP contribution in [0.1, 0.15) is 105 Å². The van der Waals surface area contributed by atoms with Crippen LogP contribution in [0.2, 0.25) is 0 Å². The first-order chi connectivity index (χ1) is 10.4. The number of carbonyl (C=O) groups excluding carboxylic acids is 1. The highest BCUT2D eigenvalue weighted by Gasteiger charge is 2.13. The molecule has 0 aromatic carbocycles. The van der Waals surface area contributed by atoms with Gasteiger partial charge < -0.3 is 4.74 Å². The van der Waals surface area contributed by atoms with Crippen molar-refractivity contribution in [1.82, 2.24) is 0 Å². The summed E-state index contributed by atoms with van der Waals surface area (Å²) >= 11 is 0. The monoisotopic (exact) mass is 312 g/mol. The molecular formula is C20H40O2. The average molecular weight is 313 g/mol. The normalized spacial score (nSPS) is 13.1. The predicted octanol–water partition coefficient (Wildman–Crippen LogP) is 6.52. The molecule has 0 N–H and O–H groups in total. The number of unbranched alkanes of at least 4 members (excludes halogenated alkanes) is 7. The third kappa shape index (κ3) is 14.4. The Bertz CT molecular complexity index is 265. The summed E-state index contributed by atoms with van der Waals surface area (Å²) in [5, 5.41) is 0. The van der Waals surface area contributed by atoms with Crippen LogP contribution in [0.3, 0.4) is 0 Å². The zero-order valence-corrected chi connectivity index (χ0v) is 15.9. The molecule has 0 fully saturated rings. The zero-order chi connectivity index (χ0) is 16.8. The van der Waals surface area contributed by atoms with Gasteiger partial charge in [-0.3, -0.25) is 4.79 Å². The fourth-order valence-electron chi connectivity index (χ4n) is 2.57. The van der Waals surface area contributed by atoms with Crippen LogP contribution in [0, 0.1) is 11.3 Å². The fourth-order valence-corrected chi connectivity index (χ4v) is 2.57. The van der Waals surface area contributed by atoms with Crippen molar-refractivity contribution in [1.29, 1.82) is 0 Å². The topological polar surface area (TPSA) is 26.3 Å². The van der Waals surface area contributed by atoms with Gasteiger partial charge in [0, 0.05) is 0 Å². The molecule has 0 radical (unpaired) electrons. The van der Waals surface area contributed by atoms with Gasteiger partial charge in [0.2, 0.25) is 0 Å². The van der Waals surface area contributed by atoms with Crippen LogP contribution in [0.5, 0.6) is 0 Å². The highest BCUT2D eigenvalue weighted by Crippen LogP contribution is 2.22. The van der Waals surface area contributed by atoms with Gasteiger partial charge >= 0.3 is 5.97 Å². The maximum absolute atomic E-state index is 11.7. The molecule has 0 amide bonds. The number of ether oxygens (including phenoxy) is 1. The Labute approximate surface area is 139 Å². The minimum atomic E-state index is -0.00405. The summed E-state index contributed by atoms with van der Waals surface area (Å²) in [6.07, 6.45) is 13.6. The van der Waals surface area contributed by atoms with Crippen LogP contribution in [0.4, 0.5) is 0 Å². The van der Waals surface area contributed by atoms with E-state index in [2.05, 4.69) is 27.7 Å². The number of hydrogen-bond acceptors (Lipinski definition) is 2. The number of hydrogen-bond donors (Lipinski definition) is 0. The fraction of sp³-hybridized carbons (Fsp3) is 0.950. The standard InChI is InChI=1S/C20H40O2/c1-6-7-17-22-19(21)18(2)15-13-11-9-8-10-12-14-16-20(3,4)5/h18H,6-17H2,1-5H3. The third-order valence-electron chi connectivity index (χ3n) is 4.21. The molecule has 0 aliphatic heterocycles. The van der Waals surface area contributed by atoms with Gasteiger partial charge in [-0.2, -0.15) is 0 Å². The van der Waals surface area contributed by atoms with E-state index < -0.39 is 0 Å². The predicted molar refractivity (Wildman–Crippen MR) is 96.0 cm³/mol. The van der Waals surface area contributed by atoms with Crippen LogP contribution < -0.4 is 0 Å². The SMILES string of the molecule is CCCCOC(=O)C(C)CCCCCCCCCC(C)(C)C. The van der Waals surface area contributed by atoms with E-state index >= 15 is 0 Å². The molecule has 0 aromatic rings.